The van der Waals surface area contributed by atoms with E-state index < -0.39 is 5.91 Å². The first-order chi connectivity index (χ1) is 8.61. The van der Waals surface area contributed by atoms with Crippen LogP contribution in [0.2, 0.25) is 0 Å². The number of anilines is 1. The molecule has 3 nitrogen and oxygen atoms in total. The fourth-order valence-electron chi connectivity index (χ4n) is 1.78. The number of benzene rings is 2. The summed E-state index contributed by atoms with van der Waals surface area (Å²) in [7, 11) is 1.84. The van der Waals surface area contributed by atoms with Crippen molar-refractivity contribution in [2.75, 3.05) is 12.4 Å². The second-order valence-electron chi connectivity index (χ2n) is 3.88. The van der Waals surface area contributed by atoms with Crippen molar-refractivity contribution in [3.63, 3.8) is 0 Å². The summed E-state index contributed by atoms with van der Waals surface area (Å²) in [5.74, 6) is -0.421. The van der Waals surface area contributed by atoms with Gasteiger partial charge in [0.1, 0.15) is 0 Å². The Morgan fingerprint density at radius 1 is 1.17 bits per heavy atom. The Kier molecular flexibility index (Phi) is 3.67. The van der Waals surface area contributed by atoms with E-state index in [4.69, 9.17) is 5.73 Å². The van der Waals surface area contributed by atoms with Crippen LogP contribution in [0.3, 0.4) is 0 Å². The van der Waals surface area contributed by atoms with Gasteiger partial charge in [0.05, 0.1) is 0 Å². The highest BCUT2D eigenvalue weighted by Crippen LogP contribution is 2.28. The molecule has 18 heavy (non-hydrogen) atoms. The molecule has 0 unspecified atom stereocenters. The lowest BCUT2D eigenvalue weighted by atomic mass is 9.98. The molecule has 4 heteroatoms. The van der Waals surface area contributed by atoms with E-state index in [0.717, 1.165) is 21.3 Å². The highest BCUT2D eigenvalue weighted by Gasteiger charge is 2.10. The van der Waals surface area contributed by atoms with Crippen molar-refractivity contribution in [1.29, 1.82) is 0 Å². The summed E-state index contributed by atoms with van der Waals surface area (Å²) in [6.45, 7) is 0. The molecule has 2 rings (SSSR count). The number of nitrogens with two attached hydrogens (primary N) is 1. The van der Waals surface area contributed by atoms with E-state index in [1.165, 1.54) is 0 Å². The van der Waals surface area contributed by atoms with Gasteiger partial charge in [0.25, 0.3) is 0 Å². The molecule has 0 aliphatic rings. The van der Waals surface area contributed by atoms with E-state index in [1.807, 2.05) is 43.4 Å². The number of carbonyl (C=O) groups excluding carboxylic acids is 1. The quantitative estimate of drug-likeness (QED) is 0.914. The van der Waals surface area contributed by atoms with Gasteiger partial charge >= 0.3 is 0 Å². The van der Waals surface area contributed by atoms with Gasteiger partial charge in [-0.2, -0.15) is 0 Å². The second-order valence-corrected chi connectivity index (χ2v) is 4.80. The van der Waals surface area contributed by atoms with Gasteiger partial charge in [0.2, 0.25) is 5.91 Å². The number of nitrogens with one attached hydrogen (secondary N) is 1. The van der Waals surface area contributed by atoms with Crippen LogP contribution in [-0.2, 0) is 0 Å². The number of amides is 1. The van der Waals surface area contributed by atoms with Gasteiger partial charge in [-0.3, -0.25) is 4.79 Å². The van der Waals surface area contributed by atoms with E-state index in [0.29, 0.717) is 5.56 Å². The van der Waals surface area contributed by atoms with Crippen molar-refractivity contribution < 1.29 is 4.79 Å². The number of primary amides is 1. The molecular weight excluding hydrogens is 292 g/mol. The third-order valence-corrected chi connectivity index (χ3v) is 3.26. The molecule has 3 N–H and O–H groups in total. The third kappa shape index (κ3) is 2.54. The summed E-state index contributed by atoms with van der Waals surface area (Å²) >= 11 is 3.39. The number of hydrogen-bond acceptors (Lipinski definition) is 2. The lowest BCUT2D eigenvalue weighted by Crippen LogP contribution is -2.12. The lowest BCUT2D eigenvalue weighted by molar-refractivity contribution is 0.100. The minimum atomic E-state index is -0.421. The van der Waals surface area contributed by atoms with Crippen LogP contribution in [0, 0.1) is 0 Å². The molecule has 0 saturated heterocycles. The minimum absolute atomic E-state index is 0.421. The van der Waals surface area contributed by atoms with Gasteiger partial charge in [-0.15, -0.1) is 0 Å². The summed E-state index contributed by atoms with van der Waals surface area (Å²) < 4.78 is 0.997. The molecule has 0 saturated carbocycles. The highest BCUT2D eigenvalue weighted by atomic mass is 79.9. The van der Waals surface area contributed by atoms with Crippen molar-refractivity contribution in [3.05, 3.63) is 52.5 Å². The van der Waals surface area contributed by atoms with E-state index in [-0.39, 0.29) is 0 Å². The van der Waals surface area contributed by atoms with Crippen LogP contribution < -0.4 is 11.1 Å². The molecule has 0 aliphatic heterocycles. The van der Waals surface area contributed by atoms with Crippen molar-refractivity contribution >= 4 is 27.5 Å². The number of hydrogen-bond donors (Lipinski definition) is 2. The van der Waals surface area contributed by atoms with Gasteiger partial charge in [0, 0.05) is 22.8 Å². The Morgan fingerprint density at radius 2 is 1.83 bits per heavy atom. The Labute approximate surface area is 114 Å². The summed E-state index contributed by atoms with van der Waals surface area (Å²) in [6.07, 6.45) is 0. The first-order valence-corrected chi connectivity index (χ1v) is 6.28. The normalized spacial score (nSPS) is 10.1. The first kappa shape index (κ1) is 12.6. The maximum absolute atomic E-state index is 11.5. The van der Waals surface area contributed by atoms with E-state index in [1.54, 1.807) is 6.07 Å². The zero-order chi connectivity index (χ0) is 13.1. The molecule has 0 aliphatic carbocycles. The molecule has 0 fully saturated rings. The van der Waals surface area contributed by atoms with Crippen molar-refractivity contribution in [3.8, 4) is 11.1 Å². The Balaban J connectivity index is 2.59. The van der Waals surface area contributed by atoms with Crippen molar-refractivity contribution in [1.82, 2.24) is 0 Å². The van der Waals surface area contributed by atoms with Crippen LogP contribution >= 0.6 is 15.9 Å². The molecule has 2 aromatic rings. The number of halogens is 1. The molecule has 0 spiro atoms. The van der Waals surface area contributed by atoms with Gasteiger partial charge in [-0.25, -0.2) is 0 Å². The molecule has 0 radical (unpaired) electrons. The molecule has 2 aromatic carbocycles. The van der Waals surface area contributed by atoms with Crippen LogP contribution in [0.5, 0.6) is 0 Å². The monoisotopic (exact) mass is 304 g/mol. The number of rotatable bonds is 3. The van der Waals surface area contributed by atoms with E-state index in [9.17, 15) is 4.79 Å². The molecule has 92 valence electrons. The van der Waals surface area contributed by atoms with Crippen LogP contribution in [-0.4, -0.2) is 13.0 Å². The second kappa shape index (κ2) is 5.23. The standard InChI is InChI=1S/C14H13BrN2O/c1-17-11-6-7-12(14(16)18)13(8-11)9-2-4-10(15)5-3-9/h2-8,17H,1H3,(H2,16,18). The predicted octanol–water partition coefficient (Wildman–Crippen LogP) is 3.26. The van der Waals surface area contributed by atoms with Gasteiger partial charge in [-0.05, 0) is 41.5 Å². The smallest absolute Gasteiger partial charge is 0.249 e. The lowest BCUT2D eigenvalue weighted by Gasteiger charge is -2.10. The first-order valence-electron chi connectivity index (χ1n) is 5.49. The summed E-state index contributed by atoms with van der Waals surface area (Å²) in [5, 5.41) is 3.05. The van der Waals surface area contributed by atoms with Gasteiger partial charge in [0.15, 0.2) is 0 Å². The molecule has 0 aromatic heterocycles. The molecular formula is C14H13BrN2O. The van der Waals surface area contributed by atoms with Gasteiger partial charge < -0.3 is 11.1 Å². The maximum Gasteiger partial charge on any atom is 0.249 e. The maximum atomic E-state index is 11.5. The molecule has 1 amide bonds. The summed E-state index contributed by atoms with van der Waals surface area (Å²) in [5.41, 5.74) is 8.67. The molecule has 0 atom stereocenters. The SMILES string of the molecule is CNc1ccc(C(N)=O)c(-c2ccc(Br)cc2)c1. The van der Waals surface area contributed by atoms with Crippen LogP contribution in [0.25, 0.3) is 11.1 Å². The zero-order valence-electron chi connectivity index (χ0n) is 9.91. The zero-order valence-corrected chi connectivity index (χ0v) is 11.5. The Hall–Kier alpha value is -1.81. The van der Waals surface area contributed by atoms with Crippen LogP contribution in [0.15, 0.2) is 46.9 Å². The van der Waals surface area contributed by atoms with E-state index in [2.05, 4.69) is 21.2 Å². The van der Waals surface area contributed by atoms with E-state index >= 15 is 0 Å². The van der Waals surface area contributed by atoms with Crippen molar-refractivity contribution in [2.45, 2.75) is 0 Å². The van der Waals surface area contributed by atoms with Crippen LogP contribution in [0.4, 0.5) is 5.69 Å². The fraction of sp³-hybridized carbons (Fsp3) is 0.0714. The average Bonchev–Trinajstić information content (AvgIpc) is 2.38. The summed E-state index contributed by atoms with van der Waals surface area (Å²) in [4.78, 5) is 11.5. The molecule has 0 bridgehead atoms. The Bertz CT molecular complexity index is 579. The molecule has 0 heterocycles. The average molecular weight is 305 g/mol. The Morgan fingerprint density at radius 3 is 2.39 bits per heavy atom. The van der Waals surface area contributed by atoms with Gasteiger partial charge in [-0.1, -0.05) is 28.1 Å². The topological polar surface area (TPSA) is 55.1 Å². The minimum Gasteiger partial charge on any atom is -0.388 e. The number of carbonyl (C=O) groups is 1. The van der Waals surface area contributed by atoms with Crippen LogP contribution in [0.1, 0.15) is 10.4 Å². The largest absolute Gasteiger partial charge is 0.388 e. The fourth-order valence-corrected chi connectivity index (χ4v) is 2.05. The summed E-state index contributed by atoms with van der Waals surface area (Å²) in [6, 6.07) is 13.3. The third-order valence-electron chi connectivity index (χ3n) is 2.73. The highest BCUT2D eigenvalue weighted by molar-refractivity contribution is 9.10. The van der Waals surface area contributed by atoms with Crippen molar-refractivity contribution in [2.24, 2.45) is 5.73 Å². The predicted molar refractivity (Wildman–Crippen MR) is 77.6 cm³/mol.